The average Bonchev–Trinajstić information content (AvgIpc) is 2.70. The fraction of sp³-hybridized carbons (Fsp3) is 0.600. The molecule has 0 spiro atoms. The summed E-state index contributed by atoms with van der Waals surface area (Å²) < 4.78 is 1.62. The third kappa shape index (κ3) is 3.04. The standard InChI is InChI=1S/C15H21N5O/c1-10-9-11(2)20-15(16-10)18-13(19-20)14(21)17-12-7-5-3-4-6-8-12/h9,12H,3-8H2,1-2H3,(H,17,21). The zero-order valence-electron chi connectivity index (χ0n) is 12.6. The van der Waals surface area contributed by atoms with E-state index >= 15 is 0 Å². The van der Waals surface area contributed by atoms with Gasteiger partial charge in [0.25, 0.3) is 11.7 Å². The van der Waals surface area contributed by atoms with Gasteiger partial charge < -0.3 is 5.32 Å². The molecule has 1 amide bonds. The van der Waals surface area contributed by atoms with Gasteiger partial charge in [-0.1, -0.05) is 25.7 Å². The quantitative estimate of drug-likeness (QED) is 0.859. The molecule has 0 atom stereocenters. The highest BCUT2D eigenvalue weighted by Gasteiger charge is 2.19. The van der Waals surface area contributed by atoms with Crippen molar-refractivity contribution in [2.45, 2.75) is 58.4 Å². The van der Waals surface area contributed by atoms with Gasteiger partial charge in [-0.2, -0.15) is 4.98 Å². The lowest BCUT2D eigenvalue weighted by molar-refractivity contribution is 0.0923. The number of amides is 1. The van der Waals surface area contributed by atoms with Gasteiger partial charge >= 0.3 is 0 Å². The zero-order valence-corrected chi connectivity index (χ0v) is 12.6. The average molecular weight is 287 g/mol. The highest BCUT2D eigenvalue weighted by atomic mass is 16.2. The number of fused-ring (bicyclic) bond motifs is 1. The molecule has 2 aromatic rings. The fourth-order valence-corrected chi connectivity index (χ4v) is 2.94. The lowest BCUT2D eigenvalue weighted by atomic mass is 10.1. The molecule has 0 saturated heterocycles. The Labute approximate surface area is 124 Å². The molecular formula is C15H21N5O. The molecule has 1 aliphatic rings. The van der Waals surface area contributed by atoms with Gasteiger partial charge in [0.2, 0.25) is 5.82 Å². The van der Waals surface area contributed by atoms with Crippen LogP contribution in [-0.4, -0.2) is 31.5 Å². The van der Waals surface area contributed by atoms with Crippen LogP contribution < -0.4 is 5.32 Å². The molecule has 1 N–H and O–H groups in total. The first kappa shape index (κ1) is 14.0. The van der Waals surface area contributed by atoms with E-state index in [-0.39, 0.29) is 17.8 Å². The van der Waals surface area contributed by atoms with E-state index in [2.05, 4.69) is 20.4 Å². The van der Waals surface area contributed by atoms with E-state index < -0.39 is 0 Å². The fourth-order valence-electron chi connectivity index (χ4n) is 2.94. The molecule has 6 heteroatoms. The molecule has 0 bridgehead atoms. The molecule has 1 saturated carbocycles. The Morgan fingerprint density at radius 2 is 1.90 bits per heavy atom. The van der Waals surface area contributed by atoms with Crippen molar-refractivity contribution in [3.05, 3.63) is 23.3 Å². The van der Waals surface area contributed by atoms with E-state index in [0.29, 0.717) is 5.78 Å². The van der Waals surface area contributed by atoms with Gasteiger partial charge in [0.15, 0.2) is 0 Å². The summed E-state index contributed by atoms with van der Waals surface area (Å²) in [5, 5.41) is 7.34. The Morgan fingerprint density at radius 3 is 2.62 bits per heavy atom. The first-order valence-corrected chi connectivity index (χ1v) is 7.65. The van der Waals surface area contributed by atoms with Crippen molar-refractivity contribution in [3.8, 4) is 0 Å². The van der Waals surface area contributed by atoms with Crippen LogP contribution in [0.15, 0.2) is 6.07 Å². The molecule has 6 nitrogen and oxygen atoms in total. The SMILES string of the molecule is Cc1cc(C)n2nc(C(=O)NC3CCCCCC3)nc2n1. The summed E-state index contributed by atoms with van der Waals surface area (Å²) in [7, 11) is 0. The van der Waals surface area contributed by atoms with Crippen molar-refractivity contribution >= 4 is 11.7 Å². The van der Waals surface area contributed by atoms with Crippen LogP contribution >= 0.6 is 0 Å². The summed E-state index contributed by atoms with van der Waals surface area (Å²) >= 11 is 0. The Bertz CT molecular complexity index is 655. The number of carbonyl (C=O) groups is 1. The van der Waals surface area contributed by atoms with Crippen molar-refractivity contribution in [3.63, 3.8) is 0 Å². The van der Waals surface area contributed by atoms with Crippen molar-refractivity contribution in [2.75, 3.05) is 0 Å². The molecular weight excluding hydrogens is 266 g/mol. The monoisotopic (exact) mass is 287 g/mol. The maximum Gasteiger partial charge on any atom is 0.291 e. The number of carbonyl (C=O) groups excluding carboxylic acids is 1. The largest absolute Gasteiger partial charge is 0.347 e. The topological polar surface area (TPSA) is 72.2 Å². The van der Waals surface area contributed by atoms with Crippen LogP contribution in [0.5, 0.6) is 0 Å². The predicted octanol–water partition coefficient (Wildman–Crippen LogP) is 2.19. The minimum absolute atomic E-state index is 0.190. The van der Waals surface area contributed by atoms with Crippen LogP contribution in [0, 0.1) is 13.8 Å². The molecule has 2 heterocycles. The number of aryl methyl sites for hydroxylation is 2. The van der Waals surface area contributed by atoms with E-state index in [4.69, 9.17) is 0 Å². The summed E-state index contributed by atoms with van der Waals surface area (Å²) in [5.74, 6) is 0.503. The zero-order chi connectivity index (χ0) is 14.8. The second kappa shape index (κ2) is 5.79. The van der Waals surface area contributed by atoms with E-state index in [9.17, 15) is 4.79 Å². The Kier molecular flexibility index (Phi) is 3.86. The molecule has 0 unspecified atom stereocenters. The molecule has 2 aromatic heterocycles. The van der Waals surface area contributed by atoms with Crippen LogP contribution in [0.3, 0.4) is 0 Å². The number of rotatable bonds is 2. The van der Waals surface area contributed by atoms with Gasteiger partial charge in [-0.05, 0) is 32.8 Å². The minimum Gasteiger partial charge on any atom is -0.347 e. The third-order valence-electron chi connectivity index (χ3n) is 4.01. The normalized spacial score (nSPS) is 16.9. The summed E-state index contributed by atoms with van der Waals surface area (Å²) in [6, 6.07) is 2.18. The van der Waals surface area contributed by atoms with Gasteiger partial charge in [0, 0.05) is 17.4 Å². The van der Waals surface area contributed by atoms with E-state index in [1.165, 1.54) is 25.7 Å². The summed E-state index contributed by atoms with van der Waals surface area (Å²) in [6.45, 7) is 3.84. The summed E-state index contributed by atoms with van der Waals surface area (Å²) in [6.07, 6.45) is 7.00. The number of nitrogens with zero attached hydrogens (tertiary/aromatic N) is 4. The Hall–Kier alpha value is -1.98. The van der Waals surface area contributed by atoms with Crippen LogP contribution in [0.1, 0.15) is 60.5 Å². The first-order chi connectivity index (χ1) is 10.1. The molecule has 3 rings (SSSR count). The molecule has 0 aromatic carbocycles. The maximum absolute atomic E-state index is 12.3. The lowest BCUT2D eigenvalue weighted by Crippen LogP contribution is -2.35. The van der Waals surface area contributed by atoms with E-state index in [1.807, 2.05) is 19.9 Å². The maximum atomic E-state index is 12.3. The second-order valence-corrected chi connectivity index (χ2v) is 5.85. The summed E-state index contributed by atoms with van der Waals surface area (Å²) in [4.78, 5) is 20.9. The van der Waals surface area contributed by atoms with Crippen LogP contribution in [0.25, 0.3) is 5.78 Å². The molecule has 1 fully saturated rings. The predicted molar refractivity (Wildman–Crippen MR) is 79.2 cm³/mol. The van der Waals surface area contributed by atoms with Crippen molar-refractivity contribution < 1.29 is 4.79 Å². The number of aromatic nitrogens is 4. The van der Waals surface area contributed by atoms with Gasteiger partial charge in [0.1, 0.15) is 0 Å². The molecule has 1 aliphatic carbocycles. The Morgan fingerprint density at radius 1 is 1.19 bits per heavy atom. The van der Waals surface area contributed by atoms with Gasteiger partial charge in [-0.15, -0.1) is 5.10 Å². The van der Waals surface area contributed by atoms with Gasteiger partial charge in [-0.25, -0.2) is 9.50 Å². The first-order valence-electron chi connectivity index (χ1n) is 7.65. The number of hydrogen-bond acceptors (Lipinski definition) is 4. The summed E-state index contributed by atoms with van der Waals surface area (Å²) in [5.41, 5.74) is 1.81. The molecule has 21 heavy (non-hydrogen) atoms. The van der Waals surface area contributed by atoms with E-state index in [1.54, 1.807) is 4.52 Å². The van der Waals surface area contributed by atoms with Crippen LogP contribution in [0.4, 0.5) is 0 Å². The smallest absolute Gasteiger partial charge is 0.291 e. The molecule has 0 radical (unpaired) electrons. The van der Waals surface area contributed by atoms with Gasteiger partial charge in [-0.3, -0.25) is 4.79 Å². The van der Waals surface area contributed by atoms with Crippen LogP contribution in [-0.2, 0) is 0 Å². The number of hydrogen-bond donors (Lipinski definition) is 1. The number of nitrogens with one attached hydrogen (secondary N) is 1. The van der Waals surface area contributed by atoms with Crippen molar-refractivity contribution in [1.82, 2.24) is 24.9 Å². The minimum atomic E-state index is -0.190. The highest BCUT2D eigenvalue weighted by Crippen LogP contribution is 2.17. The highest BCUT2D eigenvalue weighted by molar-refractivity contribution is 5.91. The van der Waals surface area contributed by atoms with Crippen LogP contribution in [0.2, 0.25) is 0 Å². The van der Waals surface area contributed by atoms with Gasteiger partial charge in [0.05, 0.1) is 0 Å². The Balaban J connectivity index is 1.79. The van der Waals surface area contributed by atoms with E-state index in [0.717, 1.165) is 24.2 Å². The van der Waals surface area contributed by atoms with Crippen molar-refractivity contribution in [2.24, 2.45) is 0 Å². The molecule has 0 aliphatic heterocycles. The second-order valence-electron chi connectivity index (χ2n) is 5.85. The lowest BCUT2D eigenvalue weighted by Gasteiger charge is -2.14. The molecule has 112 valence electrons. The van der Waals surface area contributed by atoms with Crippen molar-refractivity contribution in [1.29, 1.82) is 0 Å². The third-order valence-corrected chi connectivity index (χ3v) is 4.01.